The quantitative estimate of drug-likeness (QED) is 0.150. The first-order chi connectivity index (χ1) is 16.0. The minimum atomic E-state index is -0.426. The molecule has 0 spiro atoms. The van der Waals surface area contributed by atoms with E-state index in [-0.39, 0.29) is 5.76 Å². The number of ether oxygens (including phenoxy) is 2. The van der Waals surface area contributed by atoms with Gasteiger partial charge in [-0.15, -0.1) is 0 Å². The first-order valence-corrected chi connectivity index (χ1v) is 11.6. The summed E-state index contributed by atoms with van der Waals surface area (Å²) in [5, 5.41) is 5.60. The van der Waals surface area contributed by atoms with Crippen LogP contribution in [0.4, 0.5) is 0 Å². The van der Waals surface area contributed by atoms with E-state index in [0.717, 1.165) is 20.1 Å². The summed E-state index contributed by atoms with van der Waals surface area (Å²) in [6.45, 7) is 2.77. The van der Waals surface area contributed by atoms with Crippen LogP contribution in [0.15, 0.2) is 76.2 Å². The van der Waals surface area contributed by atoms with E-state index in [4.69, 9.17) is 25.5 Å². The topological polar surface area (TPSA) is 73.1 Å². The number of carbonyl (C=O) groups is 1. The minimum absolute atomic E-state index is 0.198. The molecule has 0 atom stereocenters. The number of halogens is 2. The maximum absolute atomic E-state index is 12.4. The molecule has 0 unspecified atom stereocenters. The SMILES string of the molecule is CCOc1cc(/C=N/NC(=O)c2cc3ccccc3o2)cc(I)c1OCc1ccc(Cl)cc1. The third-order valence-electron chi connectivity index (χ3n) is 4.66. The molecule has 0 radical (unpaired) electrons. The lowest BCUT2D eigenvalue weighted by Crippen LogP contribution is -2.16. The van der Waals surface area contributed by atoms with Crippen molar-refractivity contribution in [3.8, 4) is 11.5 Å². The molecule has 1 N–H and O–H groups in total. The average Bonchev–Trinajstić information content (AvgIpc) is 3.24. The van der Waals surface area contributed by atoms with Crippen molar-refractivity contribution in [3.63, 3.8) is 0 Å². The summed E-state index contributed by atoms with van der Waals surface area (Å²) in [4.78, 5) is 12.4. The Hall–Kier alpha value is -3.04. The molecule has 0 saturated heterocycles. The molecule has 4 rings (SSSR count). The second kappa shape index (κ2) is 10.7. The summed E-state index contributed by atoms with van der Waals surface area (Å²) in [5.74, 6) is 1.02. The van der Waals surface area contributed by atoms with Gasteiger partial charge in [0.2, 0.25) is 0 Å². The van der Waals surface area contributed by atoms with E-state index in [2.05, 4.69) is 33.1 Å². The fraction of sp³-hybridized carbons (Fsp3) is 0.120. The molecular weight excluding hydrogens is 555 g/mol. The average molecular weight is 575 g/mol. The maximum atomic E-state index is 12.4. The van der Waals surface area contributed by atoms with Crippen molar-refractivity contribution in [3.05, 3.63) is 92.2 Å². The molecule has 3 aromatic carbocycles. The van der Waals surface area contributed by atoms with Gasteiger partial charge in [0.25, 0.3) is 0 Å². The van der Waals surface area contributed by atoms with Gasteiger partial charge in [0.15, 0.2) is 17.3 Å². The summed E-state index contributed by atoms with van der Waals surface area (Å²) in [7, 11) is 0. The van der Waals surface area contributed by atoms with Gasteiger partial charge in [-0.25, -0.2) is 5.43 Å². The van der Waals surface area contributed by atoms with E-state index >= 15 is 0 Å². The highest BCUT2D eigenvalue weighted by atomic mass is 127. The zero-order valence-corrected chi connectivity index (χ0v) is 20.6. The number of amides is 1. The zero-order valence-electron chi connectivity index (χ0n) is 17.7. The molecule has 1 aromatic heterocycles. The van der Waals surface area contributed by atoms with Crippen LogP contribution in [0.5, 0.6) is 11.5 Å². The monoisotopic (exact) mass is 574 g/mol. The first-order valence-electron chi connectivity index (χ1n) is 10.2. The Bertz CT molecular complexity index is 1270. The number of hydrogen-bond acceptors (Lipinski definition) is 5. The number of nitrogens with one attached hydrogen (secondary N) is 1. The van der Waals surface area contributed by atoms with Crippen molar-refractivity contribution in [1.29, 1.82) is 0 Å². The molecule has 0 aliphatic heterocycles. The molecule has 0 bridgehead atoms. The Balaban J connectivity index is 1.46. The maximum Gasteiger partial charge on any atom is 0.307 e. The van der Waals surface area contributed by atoms with Crippen molar-refractivity contribution >= 4 is 57.3 Å². The van der Waals surface area contributed by atoms with E-state index in [0.29, 0.717) is 35.3 Å². The molecular formula is C25H20ClIN2O4. The summed E-state index contributed by atoms with van der Waals surface area (Å²) in [5.41, 5.74) is 4.90. The number of para-hydroxylation sites is 1. The Labute approximate surface area is 209 Å². The fourth-order valence-electron chi connectivity index (χ4n) is 3.12. The van der Waals surface area contributed by atoms with Crippen molar-refractivity contribution < 1.29 is 18.7 Å². The van der Waals surface area contributed by atoms with Gasteiger partial charge in [-0.1, -0.05) is 41.9 Å². The number of benzene rings is 3. The molecule has 0 saturated carbocycles. The van der Waals surface area contributed by atoms with Gasteiger partial charge < -0.3 is 13.9 Å². The van der Waals surface area contributed by atoms with Gasteiger partial charge in [-0.2, -0.15) is 5.10 Å². The van der Waals surface area contributed by atoms with E-state index in [9.17, 15) is 4.79 Å². The Morgan fingerprint density at radius 1 is 1.12 bits per heavy atom. The van der Waals surface area contributed by atoms with E-state index in [1.54, 1.807) is 12.3 Å². The zero-order chi connectivity index (χ0) is 23.2. The van der Waals surface area contributed by atoms with Crippen molar-refractivity contribution in [1.82, 2.24) is 5.43 Å². The van der Waals surface area contributed by atoms with Crippen molar-refractivity contribution in [2.75, 3.05) is 6.61 Å². The van der Waals surface area contributed by atoms with Crippen LogP contribution >= 0.6 is 34.2 Å². The second-order valence-electron chi connectivity index (χ2n) is 7.03. The molecule has 4 aromatic rings. The normalized spacial score (nSPS) is 11.1. The molecule has 1 amide bonds. The molecule has 0 fully saturated rings. The largest absolute Gasteiger partial charge is 0.490 e. The number of carbonyl (C=O) groups excluding carboxylic acids is 1. The summed E-state index contributed by atoms with van der Waals surface area (Å²) in [6, 6.07) is 20.3. The third-order valence-corrected chi connectivity index (χ3v) is 5.71. The lowest BCUT2D eigenvalue weighted by Gasteiger charge is -2.14. The first kappa shape index (κ1) is 23.1. The molecule has 33 heavy (non-hydrogen) atoms. The molecule has 8 heteroatoms. The molecule has 0 aliphatic rings. The van der Waals surface area contributed by atoms with Crippen LogP contribution < -0.4 is 14.9 Å². The highest BCUT2D eigenvalue weighted by Crippen LogP contribution is 2.34. The summed E-state index contributed by atoms with van der Waals surface area (Å²) < 4.78 is 18.2. The van der Waals surface area contributed by atoms with Crippen LogP contribution in [0.1, 0.15) is 28.6 Å². The van der Waals surface area contributed by atoms with Crippen molar-refractivity contribution in [2.24, 2.45) is 5.10 Å². The molecule has 0 aliphatic carbocycles. The highest BCUT2D eigenvalue weighted by molar-refractivity contribution is 14.1. The van der Waals surface area contributed by atoms with Gasteiger partial charge in [0.05, 0.1) is 16.4 Å². The number of furan rings is 1. The van der Waals surface area contributed by atoms with Crippen LogP contribution in [-0.4, -0.2) is 18.7 Å². The van der Waals surface area contributed by atoms with Gasteiger partial charge >= 0.3 is 5.91 Å². The number of hydrogen-bond donors (Lipinski definition) is 1. The lowest BCUT2D eigenvalue weighted by atomic mass is 10.2. The minimum Gasteiger partial charge on any atom is -0.490 e. The van der Waals surface area contributed by atoms with Crippen LogP contribution in [0.25, 0.3) is 11.0 Å². The lowest BCUT2D eigenvalue weighted by molar-refractivity contribution is 0.0929. The van der Waals surface area contributed by atoms with E-state index in [1.807, 2.05) is 67.6 Å². The number of rotatable bonds is 8. The smallest absolute Gasteiger partial charge is 0.307 e. The third kappa shape index (κ3) is 5.85. The second-order valence-corrected chi connectivity index (χ2v) is 8.62. The van der Waals surface area contributed by atoms with E-state index in [1.165, 1.54) is 0 Å². The number of nitrogens with zero attached hydrogens (tertiary/aromatic N) is 1. The Kier molecular flexibility index (Phi) is 7.51. The van der Waals surface area contributed by atoms with Crippen molar-refractivity contribution in [2.45, 2.75) is 13.5 Å². The standard InChI is InChI=1S/C25H20ClIN2O4/c1-2-31-22-12-17(11-20(27)24(22)32-15-16-7-9-19(26)10-8-16)14-28-29-25(30)23-13-18-5-3-4-6-21(18)33-23/h3-14H,2,15H2,1H3,(H,29,30)/b28-14+. The number of hydrazone groups is 1. The summed E-state index contributed by atoms with van der Waals surface area (Å²) >= 11 is 8.14. The van der Waals surface area contributed by atoms with E-state index < -0.39 is 5.91 Å². The molecule has 1 heterocycles. The highest BCUT2D eigenvalue weighted by Gasteiger charge is 2.13. The Morgan fingerprint density at radius 2 is 1.91 bits per heavy atom. The summed E-state index contributed by atoms with van der Waals surface area (Å²) in [6.07, 6.45) is 1.55. The predicted octanol–water partition coefficient (Wildman–Crippen LogP) is 6.43. The van der Waals surface area contributed by atoms with Gasteiger partial charge in [-0.05, 0) is 77.0 Å². The van der Waals surface area contributed by atoms with Crippen LogP contribution in [-0.2, 0) is 6.61 Å². The van der Waals surface area contributed by atoms with Crippen LogP contribution in [0, 0.1) is 3.57 Å². The van der Waals surface area contributed by atoms with Crippen LogP contribution in [0.2, 0.25) is 5.02 Å². The van der Waals surface area contributed by atoms with Gasteiger partial charge in [-0.3, -0.25) is 4.79 Å². The molecule has 6 nitrogen and oxygen atoms in total. The number of fused-ring (bicyclic) bond motifs is 1. The fourth-order valence-corrected chi connectivity index (χ4v) is 4.02. The predicted molar refractivity (Wildman–Crippen MR) is 137 cm³/mol. The molecule has 168 valence electrons. The van der Waals surface area contributed by atoms with Gasteiger partial charge in [0.1, 0.15) is 12.2 Å². The Morgan fingerprint density at radius 3 is 2.67 bits per heavy atom. The van der Waals surface area contributed by atoms with Gasteiger partial charge in [0, 0.05) is 10.4 Å². The van der Waals surface area contributed by atoms with Crippen LogP contribution in [0.3, 0.4) is 0 Å².